The van der Waals surface area contributed by atoms with Crippen molar-refractivity contribution < 1.29 is 22.4 Å². The molecule has 31 heavy (non-hydrogen) atoms. The van der Waals surface area contributed by atoms with E-state index in [9.17, 15) is 13.2 Å². The number of carbonyl (C=O) groups excluding carboxylic acids is 1. The van der Waals surface area contributed by atoms with Gasteiger partial charge in [0.2, 0.25) is 10.0 Å². The number of amides is 1. The molecule has 8 heteroatoms. The van der Waals surface area contributed by atoms with Gasteiger partial charge in [-0.1, -0.05) is 25.0 Å². The average molecular weight is 447 g/mol. The largest absolute Gasteiger partial charge is 0.497 e. The zero-order valence-electron chi connectivity index (χ0n) is 18.2. The van der Waals surface area contributed by atoms with Crippen LogP contribution in [0.25, 0.3) is 0 Å². The number of hydrogen-bond donors (Lipinski definition) is 0. The monoisotopic (exact) mass is 446 g/mol. The van der Waals surface area contributed by atoms with Gasteiger partial charge in [0.05, 0.1) is 13.2 Å². The minimum Gasteiger partial charge on any atom is -0.497 e. The van der Waals surface area contributed by atoms with E-state index in [0.717, 1.165) is 49.8 Å². The van der Waals surface area contributed by atoms with Crippen LogP contribution in [-0.2, 0) is 10.0 Å². The number of furan rings is 1. The van der Waals surface area contributed by atoms with Crippen molar-refractivity contribution in [3.05, 3.63) is 47.4 Å². The maximum Gasteiger partial charge on any atom is 0.290 e. The number of benzene rings is 1. The van der Waals surface area contributed by atoms with Crippen molar-refractivity contribution in [3.63, 3.8) is 0 Å². The smallest absolute Gasteiger partial charge is 0.290 e. The third-order valence-electron chi connectivity index (χ3n) is 6.28. The van der Waals surface area contributed by atoms with Crippen LogP contribution in [0.3, 0.4) is 0 Å². The van der Waals surface area contributed by atoms with Gasteiger partial charge in [0, 0.05) is 25.7 Å². The van der Waals surface area contributed by atoms with Crippen LogP contribution in [0.1, 0.15) is 66.4 Å². The molecule has 7 nitrogen and oxygen atoms in total. The number of methoxy groups -OCH3 is 1. The molecule has 1 atom stereocenters. The minimum atomic E-state index is -3.64. The molecular weight excluding hydrogens is 416 g/mol. The molecule has 3 heterocycles. The summed E-state index contributed by atoms with van der Waals surface area (Å²) >= 11 is 0. The van der Waals surface area contributed by atoms with E-state index in [1.165, 1.54) is 10.4 Å². The molecule has 0 N–H and O–H groups in total. The van der Waals surface area contributed by atoms with Gasteiger partial charge >= 0.3 is 0 Å². The second kappa shape index (κ2) is 9.04. The topological polar surface area (TPSA) is 80.1 Å². The lowest BCUT2D eigenvalue weighted by molar-refractivity contribution is 0.0646. The van der Waals surface area contributed by atoms with Crippen molar-refractivity contribution >= 4 is 15.9 Å². The Bertz CT molecular complexity index is 1020. The van der Waals surface area contributed by atoms with Crippen LogP contribution < -0.4 is 4.74 Å². The summed E-state index contributed by atoms with van der Waals surface area (Å²) in [6, 6.07) is 9.13. The average Bonchev–Trinajstić information content (AvgIpc) is 3.39. The third kappa shape index (κ3) is 4.36. The number of likely N-dealkylation sites (tertiary alicyclic amines) is 1. The first-order valence-electron chi connectivity index (χ1n) is 11.0. The first kappa shape index (κ1) is 21.9. The predicted molar refractivity (Wildman–Crippen MR) is 117 cm³/mol. The van der Waals surface area contributed by atoms with E-state index in [2.05, 4.69) is 0 Å². The lowest BCUT2D eigenvalue weighted by atomic mass is 10.0. The number of sulfonamides is 1. The highest BCUT2D eigenvalue weighted by Gasteiger charge is 2.34. The molecule has 2 saturated heterocycles. The Morgan fingerprint density at radius 2 is 1.71 bits per heavy atom. The van der Waals surface area contributed by atoms with Crippen molar-refractivity contribution in [3.8, 4) is 5.75 Å². The summed E-state index contributed by atoms with van der Waals surface area (Å²) in [5.41, 5.74) is 1.05. The van der Waals surface area contributed by atoms with Crippen LogP contribution in [0.4, 0.5) is 0 Å². The quantitative estimate of drug-likeness (QED) is 0.690. The zero-order chi connectivity index (χ0) is 22.0. The Morgan fingerprint density at radius 1 is 1.03 bits per heavy atom. The lowest BCUT2D eigenvalue weighted by Gasteiger charge is -2.30. The number of nitrogens with zero attached hydrogens (tertiary/aromatic N) is 2. The number of rotatable bonds is 5. The van der Waals surface area contributed by atoms with Crippen LogP contribution in [0.5, 0.6) is 5.75 Å². The summed E-state index contributed by atoms with van der Waals surface area (Å²) < 4.78 is 38.5. The Labute approximate surface area is 184 Å². The van der Waals surface area contributed by atoms with Crippen molar-refractivity contribution in [1.29, 1.82) is 0 Å². The molecule has 0 radical (unpaired) electrons. The normalized spacial score (nSPS) is 20.6. The van der Waals surface area contributed by atoms with E-state index < -0.39 is 10.0 Å². The van der Waals surface area contributed by atoms with Crippen LogP contribution in [0.2, 0.25) is 0 Å². The molecule has 0 bridgehead atoms. The van der Waals surface area contributed by atoms with E-state index in [1.807, 2.05) is 29.2 Å². The fraction of sp³-hybridized carbons (Fsp3) is 0.522. The van der Waals surface area contributed by atoms with Crippen molar-refractivity contribution in [2.24, 2.45) is 0 Å². The molecule has 1 amide bonds. The van der Waals surface area contributed by atoms with Gasteiger partial charge in [0.15, 0.2) is 5.76 Å². The molecule has 4 rings (SSSR count). The Kier molecular flexibility index (Phi) is 6.39. The standard InChI is InChI=1S/C23H30N2O5S/c1-17-22(31(27,28)24-13-6-7-14-24)16-21(30-17)23(26)25-15-5-3-4-8-20(25)18-9-11-19(29-2)12-10-18/h9-12,16,20H,3-8,13-15H2,1-2H3. The fourth-order valence-corrected chi connectivity index (χ4v) is 6.24. The van der Waals surface area contributed by atoms with E-state index in [0.29, 0.717) is 19.6 Å². The van der Waals surface area contributed by atoms with Gasteiger partial charge in [-0.25, -0.2) is 8.42 Å². The second-order valence-electron chi connectivity index (χ2n) is 8.28. The SMILES string of the molecule is COc1ccc(C2CCCCCN2C(=O)c2cc(S(=O)(=O)N3CCCC3)c(C)o2)cc1. The highest BCUT2D eigenvalue weighted by atomic mass is 32.2. The van der Waals surface area contributed by atoms with Gasteiger partial charge in [0.25, 0.3) is 5.91 Å². The highest BCUT2D eigenvalue weighted by Crippen LogP contribution is 2.34. The molecule has 1 aromatic carbocycles. The number of aryl methyl sites for hydroxylation is 1. The maximum atomic E-state index is 13.5. The molecule has 168 valence electrons. The van der Waals surface area contributed by atoms with Crippen LogP contribution in [0, 0.1) is 6.92 Å². The summed E-state index contributed by atoms with van der Waals surface area (Å²) in [7, 11) is -2.01. The molecule has 0 spiro atoms. The van der Waals surface area contributed by atoms with Gasteiger partial charge in [-0.3, -0.25) is 4.79 Å². The van der Waals surface area contributed by atoms with Gasteiger partial charge in [-0.2, -0.15) is 4.31 Å². The molecule has 2 fully saturated rings. The molecule has 1 aromatic heterocycles. The summed E-state index contributed by atoms with van der Waals surface area (Å²) in [6.07, 6.45) is 5.58. The Morgan fingerprint density at radius 3 is 2.39 bits per heavy atom. The van der Waals surface area contributed by atoms with Gasteiger partial charge in [0.1, 0.15) is 16.4 Å². The molecule has 0 saturated carbocycles. The fourth-order valence-electron chi connectivity index (χ4n) is 4.56. The van der Waals surface area contributed by atoms with E-state index in [4.69, 9.17) is 9.15 Å². The van der Waals surface area contributed by atoms with Gasteiger partial charge in [-0.05, 0) is 50.3 Å². The first-order chi connectivity index (χ1) is 14.9. The van der Waals surface area contributed by atoms with E-state index in [1.54, 1.807) is 14.0 Å². The molecule has 1 unspecified atom stereocenters. The summed E-state index contributed by atoms with van der Waals surface area (Å²) in [5.74, 6) is 0.879. The van der Waals surface area contributed by atoms with Crippen LogP contribution in [-0.4, -0.2) is 50.3 Å². The zero-order valence-corrected chi connectivity index (χ0v) is 19.0. The Balaban J connectivity index is 1.63. The molecular formula is C23H30N2O5S. The Hall–Kier alpha value is -2.32. The van der Waals surface area contributed by atoms with E-state index >= 15 is 0 Å². The minimum absolute atomic E-state index is 0.0787. The van der Waals surface area contributed by atoms with Crippen molar-refractivity contribution in [1.82, 2.24) is 9.21 Å². The maximum absolute atomic E-state index is 13.5. The van der Waals surface area contributed by atoms with Crippen molar-refractivity contribution in [2.45, 2.75) is 56.4 Å². The summed E-state index contributed by atoms with van der Waals surface area (Å²) in [4.78, 5) is 15.4. The van der Waals surface area contributed by atoms with E-state index in [-0.39, 0.29) is 28.4 Å². The second-order valence-corrected chi connectivity index (χ2v) is 10.2. The van der Waals surface area contributed by atoms with Gasteiger partial charge in [-0.15, -0.1) is 0 Å². The van der Waals surface area contributed by atoms with Gasteiger partial charge < -0.3 is 14.1 Å². The molecule has 2 aliphatic rings. The number of hydrogen-bond acceptors (Lipinski definition) is 5. The molecule has 0 aliphatic carbocycles. The number of ether oxygens (including phenoxy) is 1. The van der Waals surface area contributed by atoms with Crippen LogP contribution in [0.15, 0.2) is 39.6 Å². The number of carbonyl (C=O) groups is 1. The first-order valence-corrected chi connectivity index (χ1v) is 12.4. The summed E-state index contributed by atoms with van der Waals surface area (Å²) in [6.45, 7) is 3.26. The third-order valence-corrected chi connectivity index (χ3v) is 8.29. The molecule has 2 aromatic rings. The predicted octanol–water partition coefficient (Wildman–Crippen LogP) is 4.14. The van der Waals surface area contributed by atoms with Crippen molar-refractivity contribution in [2.75, 3.05) is 26.7 Å². The molecule has 2 aliphatic heterocycles. The highest BCUT2D eigenvalue weighted by molar-refractivity contribution is 7.89. The summed E-state index contributed by atoms with van der Waals surface area (Å²) in [5, 5.41) is 0. The lowest BCUT2D eigenvalue weighted by Crippen LogP contribution is -2.34. The van der Waals surface area contributed by atoms with Crippen LogP contribution >= 0.6 is 0 Å².